The van der Waals surface area contributed by atoms with Crippen molar-refractivity contribution in [1.29, 1.82) is 0 Å². The van der Waals surface area contributed by atoms with Crippen LogP contribution >= 0.6 is 0 Å². The van der Waals surface area contributed by atoms with Gasteiger partial charge in [0.25, 0.3) is 0 Å². The molecule has 30 heavy (non-hydrogen) atoms. The zero-order chi connectivity index (χ0) is 21.1. The van der Waals surface area contributed by atoms with Crippen molar-refractivity contribution in [3.8, 4) is 0 Å². The molecule has 1 saturated heterocycles. The van der Waals surface area contributed by atoms with Crippen molar-refractivity contribution in [2.24, 2.45) is 0 Å². The third-order valence-corrected chi connectivity index (χ3v) is 7.44. The van der Waals surface area contributed by atoms with Gasteiger partial charge in [-0.1, -0.05) is 30.3 Å². The SMILES string of the molecule is CN(Cc1ccccc1)C(=O)CCn1cnc2cc(S(=O)(=O)N3CCCC3)ccc21. The number of aryl methyl sites for hydroxylation is 1. The van der Waals surface area contributed by atoms with Crippen molar-refractivity contribution in [1.82, 2.24) is 18.8 Å². The van der Waals surface area contributed by atoms with Crippen molar-refractivity contribution < 1.29 is 13.2 Å². The van der Waals surface area contributed by atoms with Crippen LogP contribution in [-0.4, -0.2) is 53.2 Å². The molecule has 3 aromatic rings. The topological polar surface area (TPSA) is 75.5 Å². The first-order valence-corrected chi connectivity index (χ1v) is 11.6. The zero-order valence-electron chi connectivity index (χ0n) is 17.1. The summed E-state index contributed by atoms with van der Waals surface area (Å²) < 4.78 is 29.0. The van der Waals surface area contributed by atoms with Gasteiger partial charge in [0.2, 0.25) is 15.9 Å². The Hall–Kier alpha value is -2.71. The molecule has 0 bridgehead atoms. The van der Waals surface area contributed by atoms with Gasteiger partial charge >= 0.3 is 0 Å². The van der Waals surface area contributed by atoms with E-state index in [9.17, 15) is 13.2 Å². The van der Waals surface area contributed by atoms with Crippen molar-refractivity contribution in [2.45, 2.75) is 37.2 Å². The Kier molecular flexibility index (Phi) is 5.87. The van der Waals surface area contributed by atoms with Crippen LogP contribution in [0.4, 0.5) is 0 Å². The number of amides is 1. The van der Waals surface area contributed by atoms with Crippen LogP contribution < -0.4 is 0 Å². The number of aromatic nitrogens is 2. The van der Waals surface area contributed by atoms with E-state index in [1.165, 1.54) is 4.31 Å². The maximum atomic E-state index is 12.8. The van der Waals surface area contributed by atoms with E-state index in [-0.39, 0.29) is 10.8 Å². The number of benzene rings is 2. The number of sulfonamides is 1. The molecule has 8 heteroatoms. The van der Waals surface area contributed by atoms with Gasteiger partial charge in [0.1, 0.15) is 0 Å². The summed E-state index contributed by atoms with van der Waals surface area (Å²) in [6.07, 6.45) is 3.83. The molecule has 0 atom stereocenters. The Bertz CT molecular complexity index is 1140. The molecule has 0 spiro atoms. The molecule has 0 unspecified atom stereocenters. The maximum absolute atomic E-state index is 12.8. The molecule has 4 rings (SSSR count). The molecule has 0 radical (unpaired) electrons. The van der Waals surface area contributed by atoms with Gasteiger partial charge in [0.15, 0.2) is 0 Å². The van der Waals surface area contributed by atoms with E-state index in [2.05, 4.69) is 4.98 Å². The highest BCUT2D eigenvalue weighted by Crippen LogP contribution is 2.24. The van der Waals surface area contributed by atoms with Gasteiger partial charge in [0.05, 0.1) is 22.3 Å². The highest BCUT2D eigenvalue weighted by atomic mass is 32.2. The predicted molar refractivity (Wildman–Crippen MR) is 115 cm³/mol. The maximum Gasteiger partial charge on any atom is 0.243 e. The minimum Gasteiger partial charge on any atom is -0.341 e. The minimum absolute atomic E-state index is 0.0499. The third kappa shape index (κ3) is 4.24. The van der Waals surface area contributed by atoms with E-state index in [0.29, 0.717) is 38.1 Å². The predicted octanol–water partition coefficient (Wildman–Crippen LogP) is 2.87. The molecule has 2 heterocycles. The molecular formula is C22H26N4O3S. The summed E-state index contributed by atoms with van der Waals surface area (Å²) >= 11 is 0. The van der Waals surface area contributed by atoms with Crippen LogP contribution in [-0.2, 0) is 27.9 Å². The molecule has 158 valence electrons. The first-order valence-electron chi connectivity index (χ1n) is 10.2. The minimum atomic E-state index is -3.46. The Labute approximate surface area is 177 Å². The Balaban J connectivity index is 1.43. The number of imidazole rings is 1. The lowest BCUT2D eigenvalue weighted by atomic mass is 10.2. The normalized spacial score (nSPS) is 15.0. The number of carbonyl (C=O) groups is 1. The van der Waals surface area contributed by atoms with Crippen LogP contribution in [0.15, 0.2) is 59.8 Å². The number of fused-ring (bicyclic) bond motifs is 1. The fourth-order valence-corrected chi connectivity index (χ4v) is 5.35. The largest absolute Gasteiger partial charge is 0.341 e. The van der Waals surface area contributed by atoms with Gasteiger partial charge in [-0.25, -0.2) is 13.4 Å². The molecule has 1 aromatic heterocycles. The molecular weight excluding hydrogens is 400 g/mol. The average molecular weight is 427 g/mol. The van der Waals surface area contributed by atoms with Gasteiger partial charge in [-0.05, 0) is 36.6 Å². The van der Waals surface area contributed by atoms with Gasteiger partial charge in [0, 0.05) is 39.6 Å². The molecule has 7 nitrogen and oxygen atoms in total. The average Bonchev–Trinajstić information content (AvgIpc) is 3.43. The van der Waals surface area contributed by atoms with E-state index in [4.69, 9.17) is 0 Å². The van der Waals surface area contributed by atoms with Gasteiger partial charge in [-0.15, -0.1) is 0 Å². The molecule has 0 aliphatic carbocycles. The van der Waals surface area contributed by atoms with Crippen molar-refractivity contribution in [3.05, 3.63) is 60.4 Å². The van der Waals surface area contributed by atoms with E-state index in [1.807, 2.05) is 34.9 Å². The Morgan fingerprint density at radius 2 is 1.83 bits per heavy atom. The van der Waals surface area contributed by atoms with Crippen LogP contribution in [0.2, 0.25) is 0 Å². The van der Waals surface area contributed by atoms with E-state index in [0.717, 1.165) is 23.9 Å². The summed E-state index contributed by atoms with van der Waals surface area (Å²) in [6.45, 7) is 2.22. The van der Waals surface area contributed by atoms with Crippen molar-refractivity contribution >= 4 is 27.0 Å². The second-order valence-electron chi connectivity index (χ2n) is 7.69. The van der Waals surface area contributed by atoms with Crippen LogP contribution in [0.5, 0.6) is 0 Å². The quantitative estimate of drug-likeness (QED) is 0.582. The van der Waals surface area contributed by atoms with Crippen molar-refractivity contribution in [2.75, 3.05) is 20.1 Å². The molecule has 0 N–H and O–H groups in total. The van der Waals surface area contributed by atoms with Crippen LogP contribution in [0.3, 0.4) is 0 Å². The number of rotatable bonds is 7. The number of hydrogen-bond acceptors (Lipinski definition) is 4. The lowest BCUT2D eigenvalue weighted by Gasteiger charge is -2.17. The highest BCUT2D eigenvalue weighted by molar-refractivity contribution is 7.89. The van der Waals surface area contributed by atoms with Crippen molar-refractivity contribution in [3.63, 3.8) is 0 Å². The second kappa shape index (κ2) is 8.57. The molecule has 1 fully saturated rings. The third-order valence-electron chi connectivity index (χ3n) is 5.55. The number of nitrogens with zero attached hydrogens (tertiary/aromatic N) is 4. The fourth-order valence-electron chi connectivity index (χ4n) is 3.81. The lowest BCUT2D eigenvalue weighted by molar-refractivity contribution is -0.130. The van der Waals surface area contributed by atoms with Crippen LogP contribution in [0.25, 0.3) is 11.0 Å². The monoisotopic (exact) mass is 426 g/mol. The first-order chi connectivity index (χ1) is 14.4. The van der Waals surface area contributed by atoms with Gasteiger partial charge in [-0.2, -0.15) is 4.31 Å². The zero-order valence-corrected chi connectivity index (χ0v) is 17.9. The lowest BCUT2D eigenvalue weighted by Crippen LogP contribution is -2.27. The first kappa shape index (κ1) is 20.6. The molecule has 2 aromatic carbocycles. The summed E-state index contributed by atoms with van der Waals surface area (Å²) in [5.74, 6) is 0.0499. The summed E-state index contributed by atoms with van der Waals surface area (Å²) in [6, 6.07) is 14.9. The Morgan fingerprint density at radius 1 is 1.10 bits per heavy atom. The molecule has 1 aliphatic heterocycles. The summed E-state index contributed by atoms with van der Waals surface area (Å²) in [7, 11) is -1.66. The smallest absolute Gasteiger partial charge is 0.243 e. The number of hydrogen-bond donors (Lipinski definition) is 0. The molecule has 1 aliphatic rings. The van der Waals surface area contributed by atoms with E-state index < -0.39 is 10.0 Å². The van der Waals surface area contributed by atoms with E-state index >= 15 is 0 Å². The summed E-state index contributed by atoms with van der Waals surface area (Å²) in [5, 5.41) is 0. The standard InChI is InChI=1S/C22H26N4O3S/c1-24(16-18-7-3-2-4-8-18)22(27)11-14-25-17-23-20-15-19(9-10-21(20)25)30(28,29)26-12-5-6-13-26/h2-4,7-10,15,17H,5-6,11-14,16H2,1H3. The summed E-state index contributed by atoms with van der Waals surface area (Å²) in [5.41, 5.74) is 2.54. The Morgan fingerprint density at radius 3 is 2.57 bits per heavy atom. The van der Waals surface area contributed by atoms with Crippen LogP contribution in [0.1, 0.15) is 24.8 Å². The van der Waals surface area contributed by atoms with E-state index in [1.54, 1.807) is 36.5 Å². The summed E-state index contributed by atoms with van der Waals surface area (Å²) in [4.78, 5) is 18.9. The highest BCUT2D eigenvalue weighted by Gasteiger charge is 2.27. The van der Waals surface area contributed by atoms with Gasteiger partial charge in [-0.3, -0.25) is 4.79 Å². The molecule has 1 amide bonds. The van der Waals surface area contributed by atoms with Crippen LogP contribution in [0, 0.1) is 0 Å². The fraction of sp³-hybridized carbons (Fsp3) is 0.364. The molecule has 0 saturated carbocycles. The second-order valence-corrected chi connectivity index (χ2v) is 9.62. The number of carbonyl (C=O) groups excluding carboxylic acids is 1. The van der Waals surface area contributed by atoms with Gasteiger partial charge < -0.3 is 9.47 Å².